The van der Waals surface area contributed by atoms with E-state index in [1.807, 2.05) is 48.2 Å². The van der Waals surface area contributed by atoms with Crippen molar-refractivity contribution in [1.82, 2.24) is 20.9 Å². The van der Waals surface area contributed by atoms with E-state index < -0.39 is 0 Å². The first kappa shape index (κ1) is 16.3. The molecule has 25 heavy (non-hydrogen) atoms. The summed E-state index contributed by atoms with van der Waals surface area (Å²) in [6, 6.07) is 11.8. The van der Waals surface area contributed by atoms with Gasteiger partial charge in [-0.2, -0.15) is 0 Å². The van der Waals surface area contributed by atoms with E-state index in [-0.39, 0.29) is 23.9 Å². The molecule has 132 valence electrons. The monoisotopic (exact) mass is 340 g/mol. The number of piperidine rings is 1. The maximum absolute atomic E-state index is 13.1. The number of carbonyl (C=O) groups excluding carboxylic acids is 1. The molecular formula is C19H24N4O2. The SMILES string of the molecule is Cc1cc(C2CNNC2C2CCCCN2C(=O)c2ccccc2)on1. The number of rotatable bonds is 3. The molecule has 1 amide bonds. The smallest absolute Gasteiger partial charge is 0.254 e. The normalized spacial score (nSPS) is 26.8. The molecule has 0 aliphatic carbocycles. The van der Waals surface area contributed by atoms with E-state index in [9.17, 15) is 4.79 Å². The first-order chi connectivity index (χ1) is 12.2. The molecule has 1 aromatic heterocycles. The predicted octanol–water partition coefficient (Wildman–Crippen LogP) is 2.24. The van der Waals surface area contributed by atoms with Gasteiger partial charge in [-0.15, -0.1) is 0 Å². The third kappa shape index (κ3) is 3.19. The van der Waals surface area contributed by atoms with Gasteiger partial charge in [0.25, 0.3) is 5.91 Å². The molecule has 6 nitrogen and oxygen atoms in total. The van der Waals surface area contributed by atoms with Gasteiger partial charge in [0, 0.05) is 30.8 Å². The molecule has 0 bridgehead atoms. The van der Waals surface area contributed by atoms with E-state index in [2.05, 4.69) is 16.0 Å². The summed E-state index contributed by atoms with van der Waals surface area (Å²) in [5.74, 6) is 1.18. The number of hydrazine groups is 1. The van der Waals surface area contributed by atoms with E-state index in [1.54, 1.807) is 0 Å². The summed E-state index contributed by atoms with van der Waals surface area (Å²) >= 11 is 0. The first-order valence-electron chi connectivity index (χ1n) is 9.01. The van der Waals surface area contributed by atoms with Crippen LogP contribution < -0.4 is 10.9 Å². The minimum atomic E-state index is 0.117. The van der Waals surface area contributed by atoms with Gasteiger partial charge in [0.05, 0.1) is 17.7 Å². The summed E-state index contributed by atoms with van der Waals surface area (Å²) in [5, 5.41) is 4.03. The Hall–Kier alpha value is -2.18. The lowest BCUT2D eigenvalue weighted by molar-refractivity contribution is 0.0545. The molecule has 3 heterocycles. The molecule has 4 rings (SSSR count). The lowest BCUT2D eigenvalue weighted by atomic mass is 9.86. The highest BCUT2D eigenvalue weighted by Crippen LogP contribution is 2.31. The van der Waals surface area contributed by atoms with Gasteiger partial charge >= 0.3 is 0 Å². The maximum atomic E-state index is 13.1. The highest BCUT2D eigenvalue weighted by atomic mass is 16.5. The van der Waals surface area contributed by atoms with Gasteiger partial charge in [0.15, 0.2) is 0 Å². The molecule has 1 aromatic carbocycles. The molecule has 2 aliphatic heterocycles. The van der Waals surface area contributed by atoms with Crippen molar-refractivity contribution in [1.29, 1.82) is 0 Å². The van der Waals surface area contributed by atoms with Crippen LogP contribution in [0.15, 0.2) is 40.9 Å². The Balaban J connectivity index is 1.59. The van der Waals surface area contributed by atoms with Gasteiger partial charge < -0.3 is 9.42 Å². The Labute approximate surface area is 147 Å². The summed E-state index contributed by atoms with van der Waals surface area (Å²) in [4.78, 5) is 15.1. The third-order valence-corrected chi connectivity index (χ3v) is 5.28. The fourth-order valence-electron chi connectivity index (χ4n) is 4.04. The topological polar surface area (TPSA) is 70.4 Å². The minimum absolute atomic E-state index is 0.117. The van der Waals surface area contributed by atoms with Crippen LogP contribution in [0.1, 0.15) is 47.0 Å². The van der Waals surface area contributed by atoms with Crippen molar-refractivity contribution in [2.75, 3.05) is 13.1 Å². The van der Waals surface area contributed by atoms with Gasteiger partial charge in [-0.1, -0.05) is 23.4 Å². The number of nitrogens with one attached hydrogen (secondary N) is 2. The van der Waals surface area contributed by atoms with Crippen molar-refractivity contribution in [2.24, 2.45) is 0 Å². The van der Waals surface area contributed by atoms with Crippen LogP contribution in [0.2, 0.25) is 0 Å². The highest BCUT2D eigenvalue weighted by molar-refractivity contribution is 5.94. The Bertz CT molecular complexity index is 730. The van der Waals surface area contributed by atoms with E-state index >= 15 is 0 Å². The number of aromatic nitrogens is 1. The van der Waals surface area contributed by atoms with Crippen LogP contribution in [0.5, 0.6) is 0 Å². The summed E-state index contributed by atoms with van der Waals surface area (Å²) in [5.41, 5.74) is 8.29. The van der Waals surface area contributed by atoms with Gasteiger partial charge in [-0.05, 0) is 38.3 Å². The fourth-order valence-corrected chi connectivity index (χ4v) is 4.04. The summed E-state index contributed by atoms with van der Waals surface area (Å²) in [7, 11) is 0. The number of amides is 1. The van der Waals surface area contributed by atoms with E-state index in [0.717, 1.165) is 49.4 Å². The lowest BCUT2D eigenvalue weighted by Gasteiger charge is -2.40. The second-order valence-electron chi connectivity index (χ2n) is 6.96. The second kappa shape index (κ2) is 6.98. The third-order valence-electron chi connectivity index (χ3n) is 5.28. The molecule has 6 heteroatoms. The average Bonchev–Trinajstić information content (AvgIpc) is 3.30. The molecule has 0 radical (unpaired) electrons. The number of aryl methyl sites for hydroxylation is 1. The zero-order chi connectivity index (χ0) is 17.2. The van der Waals surface area contributed by atoms with Crippen LogP contribution in [0.3, 0.4) is 0 Å². The van der Waals surface area contributed by atoms with Crippen molar-refractivity contribution in [3.05, 3.63) is 53.4 Å². The standard InChI is InChI=1S/C19H24N4O2/c1-13-11-17(25-22-13)15-12-20-21-18(15)16-9-5-6-10-23(16)19(24)14-7-3-2-4-8-14/h2-4,7-8,11,15-16,18,20-21H,5-6,9-10,12H2,1H3. The molecular weight excluding hydrogens is 316 g/mol. The molecule has 3 atom stereocenters. The molecule has 2 saturated heterocycles. The van der Waals surface area contributed by atoms with Crippen LogP contribution in [0, 0.1) is 6.92 Å². The van der Waals surface area contributed by atoms with Crippen LogP contribution in [0.25, 0.3) is 0 Å². The van der Waals surface area contributed by atoms with E-state index in [0.29, 0.717) is 0 Å². The zero-order valence-corrected chi connectivity index (χ0v) is 14.4. The number of carbonyl (C=O) groups is 1. The van der Waals surface area contributed by atoms with Crippen molar-refractivity contribution in [3.63, 3.8) is 0 Å². The quantitative estimate of drug-likeness (QED) is 0.897. The number of hydrogen-bond donors (Lipinski definition) is 2. The van der Waals surface area contributed by atoms with Crippen LogP contribution in [-0.2, 0) is 0 Å². The van der Waals surface area contributed by atoms with Gasteiger partial charge in [0.2, 0.25) is 0 Å². The first-order valence-corrected chi connectivity index (χ1v) is 9.01. The van der Waals surface area contributed by atoms with Gasteiger partial charge in [-0.3, -0.25) is 15.6 Å². The number of nitrogens with zero attached hydrogens (tertiary/aromatic N) is 2. The van der Waals surface area contributed by atoms with Crippen molar-refractivity contribution >= 4 is 5.91 Å². The Morgan fingerprint density at radius 3 is 2.88 bits per heavy atom. The van der Waals surface area contributed by atoms with Crippen LogP contribution >= 0.6 is 0 Å². The van der Waals surface area contributed by atoms with Crippen LogP contribution in [0.4, 0.5) is 0 Å². The van der Waals surface area contributed by atoms with E-state index in [4.69, 9.17) is 4.52 Å². The maximum Gasteiger partial charge on any atom is 0.254 e. The van der Waals surface area contributed by atoms with E-state index in [1.165, 1.54) is 0 Å². The fraction of sp³-hybridized carbons (Fsp3) is 0.474. The highest BCUT2D eigenvalue weighted by Gasteiger charge is 2.41. The molecule has 0 saturated carbocycles. The Morgan fingerprint density at radius 2 is 2.12 bits per heavy atom. The van der Waals surface area contributed by atoms with Crippen molar-refractivity contribution < 1.29 is 9.32 Å². The molecule has 2 fully saturated rings. The summed E-state index contributed by atoms with van der Waals surface area (Å²) < 4.78 is 5.52. The molecule has 2 aromatic rings. The van der Waals surface area contributed by atoms with Crippen LogP contribution in [-0.4, -0.2) is 41.1 Å². The van der Waals surface area contributed by atoms with Gasteiger partial charge in [0.1, 0.15) is 5.76 Å². The average molecular weight is 340 g/mol. The minimum Gasteiger partial charge on any atom is -0.361 e. The molecule has 2 N–H and O–H groups in total. The molecule has 3 unspecified atom stereocenters. The van der Waals surface area contributed by atoms with Crippen molar-refractivity contribution in [2.45, 2.75) is 44.2 Å². The number of hydrogen-bond acceptors (Lipinski definition) is 5. The summed E-state index contributed by atoms with van der Waals surface area (Å²) in [6.07, 6.45) is 3.20. The predicted molar refractivity (Wildman–Crippen MR) is 94.0 cm³/mol. The lowest BCUT2D eigenvalue weighted by Crippen LogP contribution is -2.54. The number of likely N-dealkylation sites (tertiary alicyclic amines) is 1. The Kier molecular flexibility index (Phi) is 4.55. The zero-order valence-electron chi connectivity index (χ0n) is 14.4. The van der Waals surface area contributed by atoms with Crippen molar-refractivity contribution in [3.8, 4) is 0 Å². The second-order valence-corrected chi connectivity index (χ2v) is 6.96. The van der Waals surface area contributed by atoms with Gasteiger partial charge in [-0.25, -0.2) is 0 Å². The molecule has 0 spiro atoms. The molecule has 2 aliphatic rings. The largest absolute Gasteiger partial charge is 0.361 e. The Morgan fingerprint density at radius 1 is 1.28 bits per heavy atom. The number of benzene rings is 1. The summed E-state index contributed by atoms with van der Waals surface area (Å²) in [6.45, 7) is 3.52.